The van der Waals surface area contributed by atoms with Gasteiger partial charge in [-0.3, -0.25) is 9.88 Å². The van der Waals surface area contributed by atoms with Crippen LogP contribution < -0.4 is 10.5 Å². The summed E-state index contributed by atoms with van der Waals surface area (Å²) in [6.07, 6.45) is 3.26. The summed E-state index contributed by atoms with van der Waals surface area (Å²) in [5, 5.41) is 0. The molecular weight excluding hydrogens is 414 g/mol. The monoisotopic (exact) mass is 445 g/mol. The van der Waals surface area contributed by atoms with E-state index in [1.807, 2.05) is 75.4 Å². The summed E-state index contributed by atoms with van der Waals surface area (Å²) in [4.78, 5) is 19.4. The van der Waals surface area contributed by atoms with Crippen LogP contribution in [0.15, 0.2) is 66.9 Å². The first-order chi connectivity index (χ1) is 15.8. The van der Waals surface area contributed by atoms with Crippen molar-refractivity contribution < 1.29 is 14.3 Å². The second-order valence-corrected chi connectivity index (χ2v) is 9.25. The quantitative estimate of drug-likeness (QED) is 0.516. The molecule has 1 aliphatic rings. The number of likely N-dealkylation sites (tertiary alicyclic amines) is 1. The predicted octanol–water partition coefficient (Wildman–Crippen LogP) is 6.07. The molecule has 0 bridgehead atoms. The summed E-state index contributed by atoms with van der Waals surface area (Å²) >= 11 is 0. The average molecular weight is 446 g/mol. The van der Waals surface area contributed by atoms with Crippen LogP contribution >= 0.6 is 0 Å². The Morgan fingerprint density at radius 3 is 2.45 bits per heavy atom. The molecule has 33 heavy (non-hydrogen) atoms. The first-order valence-electron chi connectivity index (χ1n) is 11.4. The molecule has 0 aliphatic carbocycles. The Balaban J connectivity index is 1.64. The minimum Gasteiger partial charge on any atom is -0.457 e. The summed E-state index contributed by atoms with van der Waals surface area (Å²) in [6.45, 7) is 6.71. The number of nitrogens with zero attached hydrogens (tertiary/aromatic N) is 2. The van der Waals surface area contributed by atoms with Crippen molar-refractivity contribution in [3.63, 3.8) is 0 Å². The van der Waals surface area contributed by atoms with Crippen LogP contribution in [0.3, 0.4) is 0 Å². The van der Waals surface area contributed by atoms with E-state index >= 15 is 0 Å². The van der Waals surface area contributed by atoms with Crippen LogP contribution in [0.5, 0.6) is 11.5 Å². The fraction of sp³-hybridized carbons (Fsp3) is 0.333. The highest BCUT2D eigenvalue weighted by Gasteiger charge is 2.35. The van der Waals surface area contributed by atoms with Gasteiger partial charge in [0.2, 0.25) is 0 Å². The number of amides is 1. The lowest BCUT2D eigenvalue weighted by Gasteiger charge is -2.29. The number of ether oxygens (including phenoxy) is 2. The maximum absolute atomic E-state index is 12.9. The molecular formula is C27H31N3O3. The van der Waals surface area contributed by atoms with E-state index in [-0.39, 0.29) is 12.1 Å². The molecule has 0 spiro atoms. The number of carbonyl (C=O) groups is 1. The second kappa shape index (κ2) is 9.63. The smallest absolute Gasteiger partial charge is 0.410 e. The van der Waals surface area contributed by atoms with Gasteiger partial charge in [-0.2, -0.15) is 0 Å². The zero-order valence-electron chi connectivity index (χ0n) is 19.5. The molecule has 1 saturated heterocycles. The van der Waals surface area contributed by atoms with Crippen LogP contribution in [0.4, 0.5) is 4.79 Å². The number of pyridine rings is 1. The van der Waals surface area contributed by atoms with E-state index in [1.165, 1.54) is 0 Å². The van der Waals surface area contributed by atoms with Gasteiger partial charge in [-0.25, -0.2) is 4.79 Å². The second-order valence-electron chi connectivity index (χ2n) is 9.25. The zero-order chi connectivity index (χ0) is 23.4. The van der Waals surface area contributed by atoms with Crippen LogP contribution in [0, 0.1) is 0 Å². The zero-order valence-corrected chi connectivity index (χ0v) is 19.5. The molecule has 1 fully saturated rings. The SMILES string of the molecule is CC(C)(C)OC(=O)N1CCCC1c1ncc(CN)cc1-c1ccc(Oc2ccccc2)cc1. The molecule has 1 unspecified atom stereocenters. The van der Waals surface area contributed by atoms with Gasteiger partial charge in [-0.15, -0.1) is 0 Å². The van der Waals surface area contributed by atoms with Crippen LogP contribution in [0.1, 0.15) is 50.9 Å². The average Bonchev–Trinajstić information content (AvgIpc) is 3.29. The fourth-order valence-corrected chi connectivity index (χ4v) is 4.04. The molecule has 2 N–H and O–H groups in total. The lowest BCUT2D eigenvalue weighted by atomic mass is 9.97. The van der Waals surface area contributed by atoms with Crippen molar-refractivity contribution in [2.24, 2.45) is 5.73 Å². The Hall–Kier alpha value is -3.38. The van der Waals surface area contributed by atoms with E-state index in [1.54, 1.807) is 11.1 Å². The Kier molecular flexibility index (Phi) is 6.65. The Labute approximate surface area is 195 Å². The van der Waals surface area contributed by atoms with Gasteiger partial charge in [-0.05, 0) is 75.1 Å². The van der Waals surface area contributed by atoms with E-state index in [4.69, 9.17) is 20.2 Å². The van der Waals surface area contributed by atoms with Gasteiger partial charge in [-0.1, -0.05) is 30.3 Å². The maximum atomic E-state index is 12.9. The van der Waals surface area contributed by atoms with E-state index in [0.29, 0.717) is 13.1 Å². The van der Waals surface area contributed by atoms with Gasteiger partial charge >= 0.3 is 6.09 Å². The largest absolute Gasteiger partial charge is 0.457 e. The highest BCUT2D eigenvalue weighted by Crippen LogP contribution is 2.38. The number of hydrogen-bond donors (Lipinski definition) is 1. The topological polar surface area (TPSA) is 77.7 Å². The van der Waals surface area contributed by atoms with E-state index in [0.717, 1.165) is 46.7 Å². The van der Waals surface area contributed by atoms with Crippen LogP contribution in [0.25, 0.3) is 11.1 Å². The third kappa shape index (κ3) is 5.52. The van der Waals surface area contributed by atoms with Crippen molar-refractivity contribution in [2.75, 3.05) is 6.54 Å². The van der Waals surface area contributed by atoms with Crippen molar-refractivity contribution in [2.45, 2.75) is 51.8 Å². The lowest BCUT2D eigenvalue weighted by Crippen LogP contribution is -2.36. The molecule has 1 aliphatic heterocycles. The molecule has 1 atom stereocenters. The molecule has 2 aromatic carbocycles. The number of nitrogens with two attached hydrogens (primary N) is 1. The molecule has 6 heteroatoms. The number of aromatic nitrogens is 1. The van der Waals surface area contributed by atoms with Gasteiger partial charge < -0.3 is 15.2 Å². The molecule has 0 radical (unpaired) electrons. The molecule has 4 rings (SSSR count). The van der Waals surface area contributed by atoms with Gasteiger partial charge in [0.1, 0.15) is 17.1 Å². The molecule has 2 heterocycles. The summed E-state index contributed by atoms with van der Waals surface area (Å²) in [7, 11) is 0. The highest BCUT2D eigenvalue weighted by atomic mass is 16.6. The first-order valence-corrected chi connectivity index (χ1v) is 11.4. The number of carbonyl (C=O) groups excluding carboxylic acids is 1. The number of benzene rings is 2. The van der Waals surface area contributed by atoms with Gasteiger partial charge in [0.15, 0.2) is 0 Å². The molecule has 172 valence electrons. The summed E-state index contributed by atoms with van der Waals surface area (Å²) in [5.41, 5.74) is 9.16. The fourth-order valence-electron chi connectivity index (χ4n) is 4.04. The van der Waals surface area contributed by atoms with Crippen molar-refractivity contribution in [3.8, 4) is 22.6 Å². The lowest BCUT2D eigenvalue weighted by molar-refractivity contribution is 0.0222. The maximum Gasteiger partial charge on any atom is 0.410 e. The van der Waals surface area contributed by atoms with Crippen molar-refractivity contribution in [1.82, 2.24) is 9.88 Å². The Morgan fingerprint density at radius 1 is 1.09 bits per heavy atom. The third-order valence-corrected chi connectivity index (χ3v) is 5.55. The molecule has 1 aromatic heterocycles. The summed E-state index contributed by atoms with van der Waals surface area (Å²) < 4.78 is 11.6. The molecule has 3 aromatic rings. The number of para-hydroxylation sites is 1. The minimum absolute atomic E-state index is 0.137. The van der Waals surface area contributed by atoms with Crippen LogP contribution in [-0.2, 0) is 11.3 Å². The minimum atomic E-state index is -0.543. The Morgan fingerprint density at radius 2 is 1.79 bits per heavy atom. The van der Waals surface area contributed by atoms with E-state index < -0.39 is 5.60 Å². The van der Waals surface area contributed by atoms with E-state index in [2.05, 4.69) is 6.07 Å². The van der Waals surface area contributed by atoms with Gasteiger partial charge in [0.25, 0.3) is 0 Å². The standard InChI is InChI=1S/C27H31N3O3/c1-27(2,3)33-26(31)30-15-7-10-24(30)25-23(16-19(17-28)18-29-25)20-11-13-22(14-12-20)32-21-8-5-4-6-9-21/h4-6,8-9,11-14,16,18,24H,7,10,15,17,28H2,1-3H3. The van der Waals surface area contributed by atoms with Crippen molar-refractivity contribution >= 4 is 6.09 Å². The highest BCUT2D eigenvalue weighted by molar-refractivity contribution is 5.72. The third-order valence-electron chi connectivity index (χ3n) is 5.55. The van der Waals surface area contributed by atoms with Crippen molar-refractivity contribution in [3.05, 3.63) is 78.1 Å². The van der Waals surface area contributed by atoms with Crippen LogP contribution in [0.2, 0.25) is 0 Å². The molecule has 6 nitrogen and oxygen atoms in total. The first kappa shape index (κ1) is 22.8. The molecule has 1 amide bonds. The van der Waals surface area contributed by atoms with E-state index in [9.17, 15) is 4.79 Å². The normalized spacial score (nSPS) is 16.0. The number of rotatable bonds is 5. The predicted molar refractivity (Wildman–Crippen MR) is 129 cm³/mol. The summed E-state index contributed by atoms with van der Waals surface area (Å²) in [5.74, 6) is 1.54. The summed E-state index contributed by atoms with van der Waals surface area (Å²) in [6, 6.07) is 19.6. The number of hydrogen-bond acceptors (Lipinski definition) is 5. The van der Waals surface area contributed by atoms with Crippen LogP contribution in [-0.4, -0.2) is 28.1 Å². The molecule has 0 saturated carbocycles. The van der Waals surface area contributed by atoms with Gasteiger partial charge in [0.05, 0.1) is 11.7 Å². The van der Waals surface area contributed by atoms with Gasteiger partial charge in [0, 0.05) is 24.8 Å². The van der Waals surface area contributed by atoms with Crippen molar-refractivity contribution in [1.29, 1.82) is 0 Å². The Bertz CT molecular complexity index is 1090.